The largest absolute Gasteiger partial charge is 0.481 e. The van der Waals surface area contributed by atoms with Gasteiger partial charge in [0.2, 0.25) is 11.8 Å². The summed E-state index contributed by atoms with van der Waals surface area (Å²) in [6.07, 6.45) is -0.711. The molecule has 86 heavy (non-hydrogen) atoms. The van der Waals surface area contributed by atoms with Crippen LogP contribution in [-0.2, 0) is 75.3 Å². The number of Topliss-reactive ketones (excluding diaryl/α,β-unsaturated/α-hetero) is 3. The van der Waals surface area contributed by atoms with Gasteiger partial charge in [0, 0.05) is 6.54 Å². The lowest BCUT2D eigenvalue weighted by Crippen LogP contribution is -2.55. The van der Waals surface area contributed by atoms with Crippen LogP contribution in [0.2, 0.25) is 0 Å². The normalized spacial score (nSPS) is 15.7. The zero-order valence-corrected chi connectivity index (χ0v) is 54.4. The van der Waals surface area contributed by atoms with Crippen LogP contribution < -0.4 is 21.3 Å². The Kier molecular flexibility index (Phi) is 31.4. The zero-order chi connectivity index (χ0) is 66.2. The Hall–Kier alpha value is -7.39. The van der Waals surface area contributed by atoms with E-state index in [9.17, 15) is 52.7 Å². The molecular formula is C64H99N5O17. The van der Waals surface area contributed by atoms with E-state index in [-0.39, 0.29) is 42.8 Å². The highest BCUT2D eigenvalue weighted by molar-refractivity contribution is 6.06. The smallest absolute Gasteiger partial charge is 0.408 e. The summed E-state index contributed by atoms with van der Waals surface area (Å²) in [4.78, 5) is 138. The van der Waals surface area contributed by atoms with Gasteiger partial charge in [0.25, 0.3) is 0 Å². The first-order valence-electron chi connectivity index (χ1n) is 29.4. The Morgan fingerprint density at radius 2 is 0.872 bits per heavy atom. The first-order chi connectivity index (χ1) is 39.6. The molecule has 0 spiro atoms. The summed E-state index contributed by atoms with van der Waals surface area (Å²) >= 11 is 0. The summed E-state index contributed by atoms with van der Waals surface area (Å²) in [5.41, 5.74) is -0.403. The highest BCUT2D eigenvalue weighted by Gasteiger charge is 2.41. The summed E-state index contributed by atoms with van der Waals surface area (Å²) in [6.45, 7) is 34.7. The maximum absolute atomic E-state index is 13.7. The molecule has 2 aromatic carbocycles. The molecule has 1 aliphatic heterocycles. The molecule has 3 unspecified atom stereocenters. The van der Waals surface area contributed by atoms with E-state index in [2.05, 4.69) is 21.3 Å². The number of carboxylic acids is 1. The van der Waals surface area contributed by atoms with Crippen molar-refractivity contribution in [1.82, 2.24) is 26.2 Å². The number of ether oxygens (including phenoxy) is 5. The number of amides is 5. The standard InChI is InChI=1S/C31H47N3O7.C20H29NO5.C13H23NO5/c1-19(2)17-23(28(37)34-16-12-15-24(34)29(38)40-18-22-13-10-9-11-14-22)32-27(36)21(5)26(35)25(20(3)4)33-30(39)41-31(6,7)8;1-13(2)16(21-19(24)26-20(4,5)6)17(22)14(3)18(23)25-12-15-10-8-7-9-11-15;1-7(2)9(10(15)8(3)11(16)17)14-12(18)19-13(4,5)6/h9-11,13-14,19-21,23-25H,12,15-18H2,1-8H3,(H,32,36)(H,33,39);7-11,13-14,16H,12H2,1-6H3,(H,21,24);7-9H,1-6H3,(H,14,18)(H,16,17)/t21?,23-,24-,25-;14?,16-;8?,9-/m000/s1. The zero-order valence-electron chi connectivity index (χ0n) is 54.4. The number of carboxylic acid groups (broad SMARTS) is 1. The second-order valence-electron chi connectivity index (χ2n) is 25.9. The lowest BCUT2D eigenvalue weighted by Gasteiger charge is -2.30. The number of alkyl carbamates (subject to hydrolysis) is 3. The highest BCUT2D eigenvalue weighted by Crippen LogP contribution is 2.23. The average Bonchev–Trinajstić information content (AvgIpc) is 3.39. The van der Waals surface area contributed by atoms with Crippen LogP contribution in [0.5, 0.6) is 0 Å². The van der Waals surface area contributed by atoms with Gasteiger partial charge in [0.1, 0.15) is 53.9 Å². The number of likely N-dealkylation sites (tertiary alicyclic amines) is 1. The molecule has 0 aromatic heterocycles. The fourth-order valence-electron chi connectivity index (χ4n) is 8.32. The fraction of sp³-hybridized carbons (Fsp3) is 0.641. The maximum Gasteiger partial charge on any atom is 0.408 e. The quantitative estimate of drug-likeness (QED) is 0.0371. The van der Waals surface area contributed by atoms with E-state index in [1.54, 1.807) is 104 Å². The van der Waals surface area contributed by atoms with Crippen molar-refractivity contribution in [2.24, 2.45) is 41.4 Å². The van der Waals surface area contributed by atoms with Gasteiger partial charge >= 0.3 is 36.2 Å². The van der Waals surface area contributed by atoms with Crippen molar-refractivity contribution in [3.05, 3.63) is 71.8 Å². The van der Waals surface area contributed by atoms with Crippen LogP contribution in [0.25, 0.3) is 0 Å². The Balaban J connectivity index is 0.000000703. The summed E-state index contributed by atoms with van der Waals surface area (Å²) in [7, 11) is 0. The number of aliphatic carboxylic acids is 1. The predicted octanol–water partition coefficient (Wildman–Crippen LogP) is 9.32. The van der Waals surface area contributed by atoms with Gasteiger partial charge in [0.15, 0.2) is 17.3 Å². The Morgan fingerprint density at radius 3 is 1.22 bits per heavy atom. The molecule has 2 aromatic rings. The van der Waals surface area contributed by atoms with E-state index >= 15 is 0 Å². The van der Waals surface area contributed by atoms with Gasteiger partial charge in [-0.3, -0.25) is 33.6 Å². The molecule has 0 radical (unpaired) electrons. The van der Waals surface area contributed by atoms with Crippen LogP contribution in [0.1, 0.15) is 169 Å². The molecule has 22 nitrogen and oxygen atoms in total. The Bertz CT molecular complexity index is 2570. The van der Waals surface area contributed by atoms with Crippen LogP contribution in [0, 0.1) is 41.4 Å². The molecule has 22 heteroatoms. The summed E-state index contributed by atoms with van der Waals surface area (Å²) in [6, 6.07) is 14.2. The summed E-state index contributed by atoms with van der Waals surface area (Å²) in [5.74, 6) is -8.66. The van der Waals surface area contributed by atoms with Crippen molar-refractivity contribution in [3.8, 4) is 0 Å². The molecule has 0 saturated carbocycles. The molecule has 1 heterocycles. The monoisotopic (exact) mass is 1210 g/mol. The lowest BCUT2D eigenvalue weighted by molar-refractivity contribution is -0.155. The average molecular weight is 1210 g/mol. The van der Waals surface area contributed by atoms with Crippen molar-refractivity contribution in [2.45, 2.75) is 218 Å². The SMILES string of the molecule is CC(C(=O)O)C(=O)[C@@H](NC(=O)OC(C)(C)C)C(C)C.CC(C(=O)OCc1ccccc1)C(=O)[C@@H](NC(=O)OC(C)(C)C)C(C)C.CC(C)C[C@H](NC(=O)C(C)C(=O)[C@@H](NC(=O)OC(C)(C)C)C(C)C)C(=O)N1CCC[C@H]1C(=O)OCc1ccccc1. The number of hydrogen-bond acceptors (Lipinski definition) is 16. The van der Waals surface area contributed by atoms with Crippen LogP contribution in [0.3, 0.4) is 0 Å². The third kappa shape index (κ3) is 28.7. The first kappa shape index (κ1) is 76.6. The van der Waals surface area contributed by atoms with Gasteiger partial charge in [-0.1, -0.05) is 116 Å². The van der Waals surface area contributed by atoms with Gasteiger partial charge in [-0.25, -0.2) is 19.2 Å². The van der Waals surface area contributed by atoms with Gasteiger partial charge in [-0.05, 0) is 137 Å². The van der Waals surface area contributed by atoms with E-state index in [0.717, 1.165) is 11.1 Å². The van der Waals surface area contributed by atoms with Crippen molar-refractivity contribution in [2.75, 3.05) is 6.54 Å². The number of carbonyl (C=O) groups is 11. The number of esters is 2. The fourth-order valence-corrected chi connectivity index (χ4v) is 8.32. The second kappa shape index (κ2) is 35.3. The topological polar surface area (TPSA) is 306 Å². The predicted molar refractivity (Wildman–Crippen MR) is 323 cm³/mol. The molecule has 5 N–H and O–H groups in total. The summed E-state index contributed by atoms with van der Waals surface area (Å²) in [5, 5.41) is 19.2. The number of carbonyl (C=O) groups excluding carboxylic acids is 10. The molecule has 1 saturated heterocycles. The van der Waals surface area contributed by atoms with Gasteiger partial charge in [-0.15, -0.1) is 0 Å². The highest BCUT2D eigenvalue weighted by atomic mass is 16.6. The van der Waals surface area contributed by atoms with Crippen molar-refractivity contribution in [3.63, 3.8) is 0 Å². The lowest BCUT2D eigenvalue weighted by atomic mass is 9.91. The van der Waals surface area contributed by atoms with Crippen molar-refractivity contribution in [1.29, 1.82) is 0 Å². The van der Waals surface area contributed by atoms with Crippen molar-refractivity contribution < 1.29 is 81.5 Å². The molecule has 5 amide bonds. The van der Waals surface area contributed by atoms with Gasteiger partial charge in [-0.2, -0.15) is 0 Å². The van der Waals surface area contributed by atoms with Crippen molar-refractivity contribution >= 4 is 65.4 Å². The van der Waals surface area contributed by atoms with E-state index < -0.39 is 124 Å². The second-order valence-corrected chi connectivity index (χ2v) is 25.9. The minimum Gasteiger partial charge on any atom is -0.481 e. The minimum absolute atomic E-state index is 0.0543. The summed E-state index contributed by atoms with van der Waals surface area (Å²) < 4.78 is 26.3. The molecule has 1 fully saturated rings. The van der Waals surface area contributed by atoms with E-state index in [4.69, 9.17) is 28.8 Å². The van der Waals surface area contributed by atoms with E-state index in [1.165, 1.54) is 25.7 Å². The third-order valence-electron chi connectivity index (χ3n) is 12.9. The minimum atomic E-state index is -1.21. The molecule has 0 aliphatic carbocycles. The maximum atomic E-state index is 13.7. The molecular weight excluding hydrogens is 1110 g/mol. The number of ketones is 3. The molecule has 1 aliphatic rings. The van der Waals surface area contributed by atoms with E-state index in [0.29, 0.717) is 25.8 Å². The molecule has 482 valence electrons. The van der Waals surface area contributed by atoms with Gasteiger partial charge < -0.3 is 55.0 Å². The van der Waals surface area contributed by atoms with Crippen LogP contribution >= 0.6 is 0 Å². The van der Waals surface area contributed by atoms with Crippen LogP contribution in [0.15, 0.2) is 60.7 Å². The van der Waals surface area contributed by atoms with Gasteiger partial charge in [0.05, 0.1) is 24.0 Å². The third-order valence-corrected chi connectivity index (χ3v) is 12.9. The number of rotatable bonds is 24. The number of hydrogen-bond donors (Lipinski definition) is 5. The molecule has 0 bridgehead atoms. The first-order valence-corrected chi connectivity index (χ1v) is 29.4. The Morgan fingerprint density at radius 1 is 0.512 bits per heavy atom. The Labute approximate surface area is 509 Å². The van der Waals surface area contributed by atoms with Crippen LogP contribution in [-0.4, -0.2) is 129 Å². The van der Waals surface area contributed by atoms with E-state index in [1.807, 2.05) is 74.5 Å². The number of nitrogens with zero attached hydrogens (tertiary/aromatic N) is 1. The number of nitrogens with one attached hydrogen (secondary N) is 4. The van der Waals surface area contributed by atoms with Crippen LogP contribution in [0.4, 0.5) is 14.4 Å². The molecule has 8 atom stereocenters. The number of benzene rings is 2. The molecule has 3 rings (SSSR count).